The smallest absolute Gasteiger partial charge is 0.253 e. The van der Waals surface area contributed by atoms with Crippen LogP contribution in [0.25, 0.3) is 0 Å². The van der Waals surface area contributed by atoms with Crippen LogP contribution in [0.1, 0.15) is 15.9 Å². The molecule has 0 atom stereocenters. The molecule has 0 aliphatic carbocycles. The molecule has 2 aromatic rings. The molecule has 0 saturated heterocycles. The molecule has 0 bridgehead atoms. The topological polar surface area (TPSA) is 82.2 Å². The van der Waals surface area contributed by atoms with Gasteiger partial charge in [-0.15, -0.1) is 0 Å². The first-order chi connectivity index (χ1) is 9.10. The van der Waals surface area contributed by atoms with E-state index in [0.717, 1.165) is 5.56 Å². The van der Waals surface area contributed by atoms with Gasteiger partial charge in [-0.3, -0.25) is 9.48 Å². The van der Waals surface area contributed by atoms with Crippen LogP contribution in [0.3, 0.4) is 0 Å². The first-order valence-electron chi connectivity index (χ1n) is 5.79. The molecule has 3 N–H and O–H groups in total. The Morgan fingerprint density at radius 1 is 1.53 bits per heavy atom. The van der Waals surface area contributed by atoms with Gasteiger partial charge in [-0.1, -0.05) is 0 Å². The minimum Gasteiger partial charge on any atom is -0.497 e. The molecule has 6 nitrogen and oxygen atoms in total. The molecular weight excluding hydrogens is 244 g/mol. The number of ether oxygens (including phenoxy) is 1. The minimum absolute atomic E-state index is 0.236. The highest BCUT2D eigenvalue weighted by molar-refractivity contribution is 5.99. The normalized spacial score (nSPS) is 10.2. The van der Waals surface area contributed by atoms with E-state index in [-0.39, 0.29) is 5.91 Å². The van der Waals surface area contributed by atoms with Gasteiger partial charge in [0.1, 0.15) is 5.75 Å². The Hall–Kier alpha value is -2.50. The van der Waals surface area contributed by atoms with Gasteiger partial charge in [0.05, 0.1) is 18.9 Å². The van der Waals surface area contributed by atoms with Crippen molar-refractivity contribution in [2.45, 2.75) is 6.54 Å². The zero-order valence-corrected chi connectivity index (χ0v) is 10.9. The molecule has 0 saturated carbocycles. The van der Waals surface area contributed by atoms with E-state index in [1.165, 1.54) is 0 Å². The lowest BCUT2D eigenvalue weighted by Gasteiger charge is -2.08. The average Bonchev–Trinajstić information content (AvgIpc) is 2.82. The monoisotopic (exact) mass is 260 g/mol. The third kappa shape index (κ3) is 3.04. The molecule has 100 valence electrons. The Bertz CT molecular complexity index is 592. The molecule has 0 aliphatic rings. The molecule has 6 heteroatoms. The fourth-order valence-corrected chi connectivity index (χ4v) is 1.70. The van der Waals surface area contributed by atoms with E-state index in [1.807, 2.05) is 13.2 Å². The van der Waals surface area contributed by atoms with E-state index < -0.39 is 0 Å². The maximum absolute atomic E-state index is 12.0. The van der Waals surface area contributed by atoms with Crippen molar-refractivity contribution >= 4 is 11.6 Å². The summed E-state index contributed by atoms with van der Waals surface area (Å²) in [6, 6.07) is 4.99. The fraction of sp³-hybridized carbons (Fsp3) is 0.231. The Morgan fingerprint density at radius 2 is 2.32 bits per heavy atom. The van der Waals surface area contributed by atoms with Gasteiger partial charge in [0.15, 0.2) is 0 Å². The van der Waals surface area contributed by atoms with Crippen molar-refractivity contribution in [3.8, 4) is 5.75 Å². The number of nitrogens with zero attached hydrogens (tertiary/aromatic N) is 2. The quantitative estimate of drug-likeness (QED) is 0.801. The summed E-state index contributed by atoms with van der Waals surface area (Å²) in [5.41, 5.74) is 7.54. The summed E-state index contributed by atoms with van der Waals surface area (Å²) in [4.78, 5) is 12.0. The molecule has 1 aromatic carbocycles. The molecule has 0 fully saturated rings. The number of aromatic nitrogens is 2. The summed E-state index contributed by atoms with van der Waals surface area (Å²) in [5, 5.41) is 6.83. The van der Waals surface area contributed by atoms with Crippen molar-refractivity contribution < 1.29 is 9.53 Å². The summed E-state index contributed by atoms with van der Waals surface area (Å²) in [6.07, 6.45) is 3.55. The van der Waals surface area contributed by atoms with Gasteiger partial charge in [-0.05, 0) is 18.2 Å². The van der Waals surface area contributed by atoms with Crippen LogP contribution in [0, 0.1) is 0 Å². The first kappa shape index (κ1) is 12.9. The Kier molecular flexibility index (Phi) is 3.70. The summed E-state index contributed by atoms with van der Waals surface area (Å²) in [6.45, 7) is 0.406. The molecule has 0 radical (unpaired) electrons. The SMILES string of the molecule is COc1ccc(N)c(C(=O)NCc2cnn(C)c2)c1. The Morgan fingerprint density at radius 3 is 2.95 bits per heavy atom. The maximum Gasteiger partial charge on any atom is 0.253 e. The second-order valence-electron chi connectivity index (χ2n) is 4.16. The van der Waals surface area contributed by atoms with E-state index in [2.05, 4.69) is 10.4 Å². The molecule has 19 heavy (non-hydrogen) atoms. The average molecular weight is 260 g/mol. The Balaban J connectivity index is 2.07. The largest absolute Gasteiger partial charge is 0.497 e. The van der Waals surface area contributed by atoms with Gasteiger partial charge < -0.3 is 15.8 Å². The molecule has 2 rings (SSSR count). The lowest BCUT2D eigenvalue weighted by atomic mass is 10.1. The number of benzene rings is 1. The van der Waals surface area contributed by atoms with Crippen LogP contribution in [-0.2, 0) is 13.6 Å². The minimum atomic E-state index is -0.236. The van der Waals surface area contributed by atoms with Crippen LogP contribution >= 0.6 is 0 Å². The van der Waals surface area contributed by atoms with Gasteiger partial charge in [0.25, 0.3) is 5.91 Å². The lowest BCUT2D eigenvalue weighted by molar-refractivity contribution is 0.0951. The van der Waals surface area contributed by atoms with Crippen molar-refractivity contribution in [1.29, 1.82) is 0 Å². The van der Waals surface area contributed by atoms with Gasteiger partial charge in [0.2, 0.25) is 0 Å². The number of nitrogen functional groups attached to an aromatic ring is 1. The van der Waals surface area contributed by atoms with Crippen LogP contribution in [0.15, 0.2) is 30.6 Å². The number of methoxy groups -OCH3 is 1. The number of nitrogens with one attached hydrogen (secondary N) is 1. The third-order valence-electron chi connectivity index (χ3n) is 2.72. The van der Waals surface area contributed by atoms with Crippen molar-refractivity contribution in [2.24, 2.45) is 7.05 Å². The van der Waals surface area contributed by atoms with E-state index in [9.17, 15) is 4.79 Å². The van der Waals surface area contributed by atoms with E-state index in [4.69, 9.17) is 10.5 Å². The zero-order valence-electron chi connectivity index (χ0n) is 10.9. The fourth-order valence-electron chi connectivity index (χ4n) is 1.70. The third-order valence-corrected chi connectivity index (χ3v) is 2.72. The van der Waals surface area contributed by atoms with Crippen LogP contribution in [-0.4, -0.2) is 22.8 Å². The highest BCUT2D eigenvalue weighted by atomic mass is 16.5. The van der Waals surface area contributed by atoms with Gasteiger partial charge in [0, 0.05) is 31.0 Å². The Labute approximate surface area is 111 Å². The highest BCUT2D eigenvalue weighted by Gasteiger charge is 2.11. The molecule has 1 amide bonds. The second-order valence-corrected chi connectivity index (χ2v) is 4.16. The van der Waals surface area contributed by atoms with Gasteiger partial charge in [-0.2, -0.15) is 5.10 Å². The van der Waals surface area contributed by atoms with Crippen molar-refractivity contribution in [1.82, 2.24) is 15.1 Å². The summed E-state index contributed by atoms with van der Waals surface area (Å²) in [5.74, 6) is 0.362. The summed E-state index contributed by atoms with van der Waals surface area (Å²) < 4.78 is 6.76. The molecule has 1 heterocycles. The van der Waals surface area contributed by atoms with Crippen LogP contribution < -0.4 is 15.8 Å². The number of hydrogen-bond acceptors (Lipinski definition) is 4. The van der Waals surface area contributed by atoms with Crippen LogP contribution in [0.2, 0.25) is 0 Å². The molecule has 0 aliphatic heterocycles. The van der Waals surface area contributed by atoms with E-state index in [1.54, 1.807) is 36.2 Å². The zero-order chi connectivity index (χ0) is 13.8. The number of rotatable bonds is 4. The number of aryl methyl sites for hydroxylation is 1. The summed E-state index contributed by atoms with van der Waals surface area (Å²) >= 11 is 0. The number of carbonyl (C=O) groups excluding carboxylic acids is 1. The molecular formula is C13H16N4O2. The van der Waals surface area contributed by atoms with Gasteiger partial charge in [-0.25, -0.2) is 0 Å². The first-order valence-corrected chi connectivity index (χ1v) is 5.79. The number of nitrogens with two attached hydrogens (primary N) is 1. The van der Waals surface area contributed by atoms with Crippen LogP contribution in [0.5, 0.6) is 5.75 Å². The highest BCUT2D eigenvalue weighted by Crippen LogP contribution is 2.19. The predicted molar refractivity (Wildman–Crippen MR) is 71.8 cm³/mol. The number of hydrogen-bond donors (Lipinski definition) is 2. The number of amides is 1. The summed E-state index contributed by atoms with van der Waals surface area (Å²) in [7, 11) is 3.37. The second kappa shape index (κ2) is 5.43. The van der Waals surface area contributed by atoms with Crippen molar-refractivity contribution in [3.63, 3.8) is 0 Å². The number of carbonyl (C=O) groups is 1. The molecule has 1 aromatic heterocycles. The van der Waals surface area contributed by atoms with E-state index in [0.29, 0.717) is 23.5 Å². The van der Waals surface area contributed by atoms with Crippen molar-refractivity contribution in [2.75, 3.05) is 12.8 Å². The van der Waals surface area contributed by atoms with Gasteiger partial charge >= 0.3 is 0 Å². The predicted octanol–water partition coefficient (Wildman–Crippen LogP) is 0.941. The molecule has 0 unspecified atom stereocenters. The molecule has 0 spiro atoms. The van der Waals surface area contributed by atoms with Crippen molar-refractivity contribution in [3.05, 3.63) is 41.7 Å². The van der Waals surface area contributed by atoms with E-state index >= 15 is 0 Å². The lowest BCUT2D eigenvalue weighted by Crippen LogP contribution is -2.23. The number of anilines is 1. The van der Waals surface area contributed by atoms with Crippen LogP contribution in [0.4, 0.5) is 5.69 Å². The maximum atomic E-state index is 12.0. The standard InChI is InChI=1S/C13H16N4O2/c1-17-8-9(7-16-17)6-15-13(18)11-5-10(19-2)3-4-12(11)14/h3-5,7-8H,6,14H2,1-2H3,(H,15,18).